The fourth-order valence-electron chi connectivity index (χ4n) is 8.64. The summed E-state index contributed by atoms with van der Waals surface area (Å²) in [7, 11) is 0. The van der Waals surface area contributed by atoms with Gasteiger partial charge in [-0.2, -0.15) is 0 Å². The zero-order chi connectivity index (χ0) is 28.5. The second-order valence-electron chi connectivity index (χ2n) is 13.2. The third kappa shape index (κ3) is 3.82. The van der Waals surface area contributed by atoms with E-state index < -0.39 is 20.0 Å². The van der Waals surface area contributed by atoms with Crippen LogP contribution in [0.4, 0.5) is 0 Å². The minimum absolute atomic E-state index is 0.0494. The summed E-state index contributed by atoms with van der Waals surface area (Å²) in [4.78, 5) is 0. The molecule has 0 amide bonds. The monoisotopic (exact) mass is 708 g/mol. The molecule has 3 aliphatic rings. The third-order valence-corrected chi connectivity index (χ3v) is 25.6. The van der Waals surface area contributed by atoms with Gasteiger partial charge in [-0.3, -0.25) is 0 Å². The van der Waals surface area contributed by atoms with Crippen LogP contribution in [0.1, 0.15) is 42.1 Å². The van der Waals surface area contributed by atoms with Gasteiger partial charge in [0.25, 0.3) is 0 Å². The zero-order valence-corrected chi connectivity index (χ0v) is 28.2. The number of hydrogen-bond donors (Lipinski definition) is 0. The van der Waals surface area contributed by atoms with Gasteiger partial charge in [0.2, 0.25) is 0 Å². The maximum absolute atomic E-state index is 3.11. The van der Waals surface area contributed by atoms with Gasteiger partial charge in [-0.15, -0.1) is 0 Å². The average Bonchev–Trinajstić information content (AvgIpc) is 3.64. The van der Waals surface area contributed by atoms with Gasteiger partial charge in [0.15, 0.2) is 0 Å². The first kappa shape index (κ1) is 26.1. The van der Waals surface area contributed by atoms with Crippen molar-refractivity contribution in [2.24, 2.45) is 5.41 Å². The van der Waals surface area contributed by atoms with Crippen LogP contribution in [0.15, 0.2) is 139 Å². The van der Waals surface area contributed by atoms with E-state index in [0.717, 1.165) is 6.42 Å². The molecule has 5 aromatic carbocycles. The molecule has 1 aliphatic heterocycles. The summed E-state index contributed by atoms with van der Waals surface area (Å²) < 4.78 is 6.64. The summed E-state index contributed by atoms with van der Waals surface area (Å²) in [6, 6.07) is 47.5. The van der Waals surface area contributed by atoms with Crippen LogP contribution in [0.2, 0.25) is 9.36 Å². The molecule has 2 unspecified atom stereocenters. The molecule has 0 spiro atoms. The normalized spacial score (nSPS) is 22.8. The SMILES string of the molecule is CC1(Cc2ccccc2)C2=Cc3c(-c4ccccc4)cccc3[CH]2[Hf]([CH3])([CH3])[CH]2C1=Cc1c(-c3ccccc3)cccc12. The zero-order valence-electron chi connectivity index (χ0n) is 24.6. The first-order valence-electron chi connectivity index (χ1n) is 15.3. The molecule has 204 valence electrons. The molecular weight excluding hydrogens is 671 g/mol. The Morgan fingerprint density at radius 1 is 0.524 bits per heavy atom. The van der Waals surface area contributed by atoms with Gasteiger partial charge >= 0.3 is 256 Å². The fraction of sp³-hybridized carbons (Fsp3) is 0.171. The van der Waals surface area contributed by atoms with Crippen LogP contribution in [0, 0.1) is 5.41 Å². The molecule has 2 atom stereocenters. The topological polar surface area (TPSA) is 0 Å². The standard InChI is InChI=1S/C39H30.2CH3.Hf/c1-39(27-28-13-5-2-6-14-28,33-23-31-19-11-21-35(37(31)25-33)29-15-7-3-8-16-29)34-24-32-20-12-22-36(38(32)26-34)30-17-9-4-10-18-30;;;/h2-26H,27H2,1H3;2*1H3;. The number of allylic oxidation sites excluding steroid dienone is 2. The Balaban J connectivity index is 1.38. The van der Waals surface area contributed by atoms with Crippen molar-refractivity contribution in [2.75, 3.05) is 0 Å². The molecule has 1 saturated heterocycles. The van der Waals surface area contributed by atoms with Crippen molar-refractivity contribution in [1.29, 1.82) is 0 Å². The number of fused-ring (bicyclic) bond motifs is 6. The van der Waals surface area contributed by atoms with Crippen LogP contribution in [0.25, 0.3) is 34.4 Å². The van der Waals surface area contributed by atoms with E-state index in [4.69, 9.17) is 0 Å². The van der Waals surface area contributed by atoms with Gasteiger partial charge in [-0.1, -0.05) is 0 Å². The average molecular weight is 707 g/mol. The molecule has 42 heavy (non-hydrogen) atoms. The van der Waals surface area contributed by atoms with Crippen LogP contribution in [0.3, 0.4) is 0 Å². The first-order valence-corrected chi connectivity index (χ1v) is 26.6. The predicted molar refractivity (Wildman–Crippen MR) is 175 cm³/mol. The Labute approximate surface area is 254 Å². The molecule has 0 N–H and O–H groups in total. The molecule has 1 heteroatoms. The van der Waals surface area contributed by atoms with Gasteiger partial charge in [0.1, 0.15) is 0 Å². The Kier molecular flexibility index (Phi) is 6.06. The van der Waals surface area contributed by atoms with Gasteiger partial charge < -0.3 is 0 Å². The molecule has 0 saturated carbocycles. The maximum atomic E-state index is 2.75. The van der Waals surface area contributed by atoms with Crippen molar-refractivity contribution < 1.29 is 20.0 Å². The third-order valence-electron chi connectivity index (χ3n) is 10.5. The second kappa shape index (κ2) is 9.75. The van der Waals surface area contributed by atoms with Crippen molar-refractivity contribution in [3.63, 3.8) is 0 Å². The van der Waals surface area contributed by atoms with E-state index in [2.05, 4.69) is 156 Å². The van der Waals surface area contributed by atoms with E-state index in [0.29, 0.717) is 7.35 Å². The molecule has 2 aliphatic carbocycles. The summed E-state index contributed by atoms with van der Waals surface area (Å²) in [5.41, 5.74) is 16.2. The molecular formula is C41H36Hf. The van der Waals surface area contributed by atoms with Crippen molar-refractivity contribution in [1.82, 2.24) is 0 Å². The fourth-order valence-corrected chi connectivity index (χ4v) is 26.1. The Hall–Kier alpha value is -3.55. The molecule has 0 bridgehead atoms. The molecule has 5 aromatic rings. The van der Waals surface area contributed by atoms with Crippen molar-refractivity contribution in [2.45, 2.75) is 30.1 Å². The first-order chi connectivity index (χ1) is 20.5. The quantitative estimate of drug-likeness (QED) is 0.163. The number of benzene rings is 5. The van der Waals surface area contributed by atoms with E-state index in [9.17, 15) is 0 Å². The van der Waals surface area contributed by atoms with Gasteiger partial charge in [-0.05, 0) is 0 Å². The Bertz CT molecular complexity index is 1760. The van der Waals surface area contributed by atoms with Gasteiger partial charge in [0.05, 0.1) is 0 Å². The molecule has 0 radical (unpaired) electrons. The summed E-state index contributed by atoms with van der Waals surface area (Å²) >= 11 is -3.11. The van der Waals surface area contributed by atoms with Crippen LogP contribution >= 0.6 is 0 Å². The number of hydrogen-bond acceptors (Lipinski definition) is 0. The van der Waals surface area contributed by atoms with Crippen LogP contribution < -0.4 is 0 Å². The van der Waals surface area contributed by atoms with Gasteiger partial charge in [-0.25, -0.2) is 0 Å². The number of rotatable bonds is 4. The van der Waals surface area contributed by atoms with Crippen LogP contribution in [0.5, 0.6) is 0 Å². The van der Waals surface area contributed by atoms with Crippen molar-refractivity contribution in [3.05, 3.63) is 166 Å². The summed E-state index contributed by atoms with van der Waals surface area (Å²) in [5, 5.41) is 0. The molecule has 8 rings (SSSR count). The molecule has 1 fully saturated rings. The summed E-state index contributed by atoms with van der Waals surface area (Å²) in [5.74, 6) is 0. The van der Waals surface area contributed by atoms with E-state index in [-0.39, 0.29) is 5.41 Å². The molecule has 1 heterocycles. The van der Waals surface area contributed by atoms with E-state index in [1.165, 1.54) is 38.9 Å². The molecule has 0 aromatic heterocycles. The minimum atomic E-state index is -3.11. The van der Waals surface area contributed by atoms with Gasteiger partial charge in [0, 0.05) is 0 Å². The molecule has 0 nitrogen and oxygen atoms in total. The van der Waals surface area contributed by atoms with E-state index in [1.807, 2.05) is 0 Å². The second-order valence-corrected chi connectivity index (χ2v) is 30.5. The summed E-state index contributed by atoms with van der Waals surface area (Å²) in [6.45, 7) is 2.57. The van der Waals surface area contributed by atoms with E-state index >= 15 is 0 Å². The van der Waals surface area contributed by atoms with Crippen molar-refractivity contribution in [3.8, 4) is 22.3 Å². The van der Waals surface area contributed by atoms with Crippen LogP contribution in [-0.2, 0) is 26.4 Å². The predicted octanol–water partition coefficient (Wildman–Crippen LogP) is 11.1. The Morgan fingerprint density at radius 2 is 0.952 bits per heavy atom. The Morgan fingerprint density at radius 3 is 1.40 bits per heavy atom. The van der Waals surface area contributed by atoms with Crippen LogP contribution in [-0.4, -0.2) is 0 Å². The summed E-state index contributed by atoms with van der Waals surface area (Å²) in [6.07, 6.45) is 6.32. The van der Waals surface area contributed by atoms with E-state index in [1.54, 1.807) is 22.3 Å². The van der Waals surface area contributed by atoms with Crippen molar-refractivity contribution >= 4 is 12.2 Å².